The molecule has 3 atom stereocenters. The molecule has 0 aliphatic heterocycles. The van der Waals surface area contributed by atoms with E-state index in [1.54, 1.807) is 6.08 Å². The molecule has 3 unspecified atom stereocenters. The highest BCUT2D eigenvalue weighted by atomic mass is 31.2. The fourth-order valence-electron chi connectivity index (χ4n) is 7.37. The van der Waals surface area contributed by atoms with Crippen LogP contribution in [-0.4, -0.2) is 73.4 Å². The van der Waals surface area contributed by atoms with Crippen LogP contribution in [0.3, 0.4) is 0 Å². The number of carbonyl (C=O) groups is 1. The molecule has 0 aromatic heterocycles. The highest BCUT2D eigenvalue weighted by Crippen LogP contribution is 2.43. The zero-order valence-corrected chi connectivity index (χ0v) is 42.7. The molecule has 0 aromatic rings. The predicted molar refractivity (Wildman–Crippen MR) is 272 cm³/mol. The molecule has 368 valence electrons. The Morgan fingerprint density at radius 1 is 0.556 bits per heavy atom. The van der Waals surface area contributed by atoms with Crippen molar-refractivity contribution in [3.8, 4) is 0 Å². The second kappa shape index (κ2) is 45.4. The van der Waals surface area contributed by atoms with E-state index in [0.29, 0.717) is 17.4 Å². The molecule has 0 aliphatic carbocycles. The third kappa shape index (κ3) is 48.0. The summed E-state index contributed by atoms with van der Waals surface area (Å²) in [5.74, 6) is -0.185. The first-order chi connectivity index (χ1) is 30.5. The van der Waals surface area contributed by atoms with Crippen molar-refractivity contribution in [3.05, 3.63) is 60.8 Å². The minimum atomic E-state index is -4.32. The molecular formula is C54H102N2O6P+. The monoisotopic (exact) mass is 906 g/mol. The lowest BCUT2D eigenvalue weighted by Crippen LogP contribution is -2.45. The molecule has 0 saturated heterocycles. The van der Waals surface area contributed by atoms with Gasteiger partial charge in [0.05, 0.1) is 39.9 Å². The van der Waals surface area contributed by atoms with Crippen LogP contribution in [0.5, 0.6) is 0 Å². The molecule has 0 aromatic carbocycles. The van der Waals surface area contributed by atoms with Gasteiger partial charge in [0.2, 0.25) is 5.91 Å². The number of allylic oxidation sites excluding steroid dienone is 9. The summed E-state index contributed by atoms with van der Waals surface area (Å²) in [5.41, 5.74) is 0. The molecule has 0 aliphatic rings. The minimum Gasteiger partial charge on any atom is -0.387 e. The van der Waals surface area contributed by atoms with Gasteiger partial charge in [-0.3, -0.25) is 13.8 Å². The zero-order chi connectivity index (χ0) is 46.4. The van der Waals surface area contributed by atoms with Gasteiger partial charge in [-0.15, -0.1) is 0 Å². The number of carbonyl (C=O) groups excluding carboxylic acids is 1. The van der Waals surface area contributed by atoms with E-state index in [0.717, 1.165) is 64.2 Å². The molecule has 63 heavy (non-hydrogen) atoms. The van der Waals surface area contributed by atoms with Crippen LogP contribution in [0.25, 0.3) is 0 Å². The number of unbranched alkanes of at least 4 members (excludes halogenated alkanes) is 26. The van der Waals surface area contributed by atoms with E-state index in [2.05, 4.69) is 67.8 Å². The number of phosphoric ester groups is 1. The number of hydrogen-bond acceptors (Lipinski definition) is 5. The highest BCUT2D eigenvalue weighted by molar-refractivity contribution is 7.47. The minimum absolute atomic E-state index is 0.0605. The number of nitrogens with zero attached hydrogens (tertiary/aromatic N) is 1. The number of aliphatic hydroxyl groups is 1. The van der Waals surface area contributed by atoms with Gasteiger partial charge in [-0.1, -0.05) is 229 Å². The normalized spacial score (nSPS) is 14.6. The Bertz CT molecular complexity index is 1210. The van der Waals surface area contributed by atoms with Crippen molar-refractivity contribution < 1.29 is 32.9 Å². The number of rotatable bonds is 47. The van der Waals surface area contributed by atoms with Crippen LogP contribution in [0.2, 0.25) is 0 Å². The van der Waals surface area contributed by atoms with E-state index in [4.69, 9.17) is 9.05 Å². The first kappa shape index (κ1) is 61.2. The van der Waals surface area contributed by atoms with Gasteiger partial charge in [0.15, 0.2) is 0 Å². The Labute approximate surface area is 390 Å². The summed E-state index contributed by atoms with van der Waals surface area (Å²) in [6.45, 7) is 4.55. The number of quaternary nitrogens is 1. The maximum Gasteiger partial charge on any atom is 0.472 e. The molecule has 0 saturated carbocycles. The van der Waals surface area contributed by atoms with E-state index in [9.17, 15) is 19.4 Å². The van der Waals surface area contributed by atoms with E-state index in [1.807, 2.05) is 27.2 Å². The van der Waals surface area contributed by atoms with Crippen molar-refractivity contribution in [3.63, 3.8) is 0 Å². The average Bonchev–Trinajstić information content (AvgIpc) is 3.24. The summed E-state index contributed by atoms with van der Waals surface area (Å²) in [7, 11) is 1.57. The molecule has 0 bridgehead atoms. The van der Waals surface area contributed by atoms with Crippen LogP contribution in [0.15, 0.2) is 60.8 Å². The molecule has 0 radical (unpaired) electrons. The first-order valence-electron chi connectivity index (χ1n) is 26.2. The average molecular weight is 906 g/mol. The second-order valence-electron chi connectivity index (χ2n) is 18.9. The third-order valence-corrected chi connectivity index (χ3v) is 12.5. The van der Waals surface area contributed by atoms with Crippen molar-refractivity contribution in [2.45, 2.75) is 238 Å². The number of likely N-dealkylation sites (N-methyl/N-ethyl adjacent to an activating group) is 1. The Balaban J connectivity index is 3.69. The van der Waals surface area contributed by atoms with Gasteiger partial charge < -0.3 is 19.8 Å². The number of aliphatic hydroxyl groups excluding tert-OH is 1. The van der Waals surface area contributed by atoms with Crippen LogP contribution in [0.1, 0.15) is 226 Å². The van der Waals surface area contributed by atoms with E-state index in [1.165, 1.54) is 141 Å². The summed E-state index contributed by atoms with van der Waals surface area (Å²) < 4.78 is 23.3. The lowest BCUT2D eigenvalue weighted by molar-refractivity contribution is -0.870. The van der Waals surface area contributed by atoms with Crippen LogP contribution in [0, 0.1) is 0 Å². The molecule has 9 heteroatoms. The van der Waals surface area contributed by atoms with Gasteiger partial charge in [0.1, 0.15) is 13.2 Å². The topological polar surface area (TPSA) is 105 Å². The summed E-state index contributed by atoms with van der Waals surface area (Å²) in [5, 5.41) is 13.6. The largest absolute Gasteiger partial charge is 0.472 e. The quantitative estimate of drug-likeness (QED) is 0.0243. The SMILES string of the molecule is CC/C=C\C/C=C\C/C=C\C/C=C\CCCCCCCCCCCCCCCCCCCCCCCCCCC(=O)NC(COP(=O)(O)OCC[N+](C)(C)C)C(O)/C=C/CCCC. The predicted octanol–water partition coefficient (Wildman–Crippen LogP) is 15.4. The maximum absolute atomic E-state index is 12.8. The van der Waals surface area contributed by atoms with Crippen molar-refractivity contribution >= 4 is 13.7 Å². The molecule has 0 fully saturated rings. The fourth-order valence-corrected chi connectivity index (χ4v) is 8.11. The zero-order valence-electron chi connectivity index (χ0n) is 41.8. The van der Waals surface area contributed by atoms with Gasteiger partial charge >= 0.3 is 7.82 Å². The second-order valence-corrected chi connectivity index (χ2v) is 20.3. The van der Waals surface area contributed by atoms with Crippen LogP contribution < -0.4 is 5.32 Å². The summed E-state index contributed by atoms with van der Waals surface area (Å²) >= 11 is 0. The van der Waals surface area contributed by atoms with Crippen LogP contribution >= 0.6 is 7.82 Å². The van der Waals surface area contributed by atoms with Crippen molar-refractivity contribution in [1.29, 1.82) is 0 Å². The van der Waals surface area contributed by atoms with Gasteiger partial charge in [0.25, 0.3) is 0 Å². The summed E-state index contributed by atoms with van der Waals surface area (Å²) in [6.07, 6.45) is 61.2. The molecule has 0 heterocycles. The molecule has 0 rings (SSSR count). The Morgan fingerprint density at radius 2 is 0.952 bits per heavy atom. The van der Waals surface area contributed by atoms with Gasteiger partial charge in [0, 0.05) is 6.42 Å². The number of nitrogens with one attached hydrogen (secondary N) is 1. The van der Waals surface area contributed by atoms with E-state index >= 15 is 0 Å². The summed E-state index contributed by atoms with van der Waals surface area (Å²) in [6, 6.07) is -0.841. The Kier molecular flexibility index (Phi) is 44.1. The van der Waals surface area contributed by atoms with Crippen molar-refractivity contribution in [2.75, 3.05) is 40.9 Å². The standard InChI is InChI=1S/C54H101N2O6P/c1-6-8-10-12-13-14-15-16-17-18-19-20-21-22-23-24-25-26-27-28-29-30-31-32-33-34-35-36-37-38-39-40-41-42-43-44-46-48-54(58)55-52(53(57)47-45-11-9-7-2)51-62-63(59,60)61-50-49-56(3,4)5/h8,10,13-14,16-17,19-20,45,47,52-53,57H,6-7,9,11-12,15,18,21-44,46,48-51H2,1-5H3,(H-,55,58,59,60)/p+1/b10-8-,14-13-,17-16-,20-19-,47-45+. The number of amides is 1. The summed E-state index contributed by atoms with van der Waals surface area (Å²) in [4.78, 5) is 22.9. The smallest absolute Gasteiger partial charge is 0.387 e. The van der Waals surface area contributed by atoms with Crippen molar-refractivity contribution in [2.24, 2.45) is 0 Å². The molecule has 3 N–H and O–H groups in total. The van der Waals surface area contributed by atoms with Gasteiger partial charge in [-0.2, -0.15) is 0 Å². The highest BCUT2D eigenvalue weighted by Gasteiger charge is 2.27. The number of hydrogen-bond donors (Lipinski definition) is 3. The molecule has 1 amide bonds. The van der Waals surface area contributed by atoms with E-state index in [-0.39, 0.29) is 19.1 Å². The van der Waals surface area contributed by atoms with Gasteiger partial charge in [-0.25, -0.2) is 4.57 Å². The molecule has 0 spiro atoms. The van der Waals surface area contributed by atoms with Crippen LogP contribution in [0.4, 0.5) is 0 Å². The fraction of sp³-hybridized carbons (Fsp3) is 0.796. The number of phosphoric acid groups is 1. The Morgan fingerprint density at radius 3 is 1.38 bits per heavy atom. The third-order valence-electron chi connectivity index (χ3n) is 11.5. The van der Waals surface area contributed by atoms with Crippen molar-refractivity contribution in [1.82, 2.24) is 5.32 Å². The van der Waals surface area contributed by atoms with Crippen LogP contribution in [-0.2, 0) is 18.4 Å². The maximum atomic E-state index is 12.8. The molecule has 8 nitrogen and oxygen atoms in total. The lowest BCUT2D eigenvalue weighted by atomic mass is 10.0. The lowest BCUT2D eigenvalue weighted by Gasteiger charge is -2.25. The van der Waals surface area contributed by atoms with E-state index < -0.39 is 20.0 Å². The first-order valence-corrected chi connectivity index (χ1v) is 27.7. The van der Waals surface area contributed by atoms with Gasteiger partial charge in [-0.05, 0) is 51.4 Å². The molecular weight excluding hydrogens is 804 g/mol. The Hall–Kier alpha value is -1.80.